The van der Waals surface area contributed by atoms with Gasteiger partial charge in [-0.1, -0.05) is 27.5 Å². The van der Waals surface area contributed by atoms with Gasteiger partial charge >= 0.3 is 12.1 Å². The van der Waals surface area contributed by atoms with E-state index in [0.717, 1.165) is 34.1 Å². The zero-order chi connectivity index (χ0) is 23.8. The molecule has 0 radical (unpaired) electrons. The molecule has 0 aliphatic carbocycles. The number of aromatic nitrogens is 1. The number of hydrogen-bond donors (Lipinski definition) is 1. The molecule has 0 unspecified atom stereocenters. The van der Waals surface area contributed by atoms with Crippen LogP contribution in [-0.4, -0.2) is 47.2 Å². The average molecular weight is 536 g/mol. The Labute approximate surface area is 207 Å². The molecule has 176 valence electrons. The van der Waals surface area contributed by atoms with Crippen molar-refractivity contribution in [1.29, 1.82) is 0 Å². The van der Waals surface area contributed by atoms with Crippen LogP contribution in [0.4, 0.5) is 15.3 Å². The molecule has 2 aliphatic heterocycles. The van der Waals surface area contributed by atoms with Gasteiger partial charge in [0, 0.05) is 48.0 Å². The van der Waals surface area contributed by atoms with Crippen molar-refractivity contribution in [3.63, 3.8) is 0 Å². The van der Waals surface area contributed by atoms with Crippen molar-refractivity contribution >= 4 is 45.3 Å². The van der Waals surface area contributed by atoms with Gasteiger partial charge in [-0.2, -0.15) is 0 Å². The maximum atomic E-state index is 13.2. The predicted octanol–water partition coefficient (Wildman–Crippen LogP) is 5.50. The van der Waals surface area contributed by atoms with Crippen LogP contribution in [0.15, 0.2) is 41.0 Å². The lowest BCUT2D eigenvalue weighted by Gasteiger charge is -2.40. The molecule has 1 spiro atoms. The minimum Gasteiger partial charge on any atom is -0.444 e. The molecule has 1 aromatic carbocycles. The smallest absolute Gasteiger partial charge is 0.410 e. The Bertz CT molecular complexity index is 1060. The lowest BCUT2D eigenvalue weighted by Crippen LogP contribution is -2.49. The lowest BCUT2D eigenvalue weighted by atomic mass is 9.74. The van der Waals surface area contributed by atoms with Crippen LogP contribution in [0.5, 0.6) is 0 Å². The number of fused-ring (bicyclic) bond motifs is 2. The number of hydrogen-bond acceptors (Lipinski definition) is 4. The van der Waals surface area contributed by atoms with Crippen LogP contribution < -0.4 is 10.2 Å². The maximum Gasteiger partial charge on any atom is 0.410 e. The molecular weight excluding hydrogens is 508 g/mol. The minimum atomic E-state index is -0.523. The van der Waals surface area contributed by atoms with Crippen LogP contribution in [-0.2, 0) is 16.7 Å². The van der Waals surface area contributed by atoms with Crippen molar-refractivity contribution in [3.8, 4) is 0 Å². The molecule has 1 N–H and O–H groups in total. The van der Waals surface area contributed by atoms with Gasteiger partial charge in [0.1, 0.15) is 10.8 Å². The third kappa shape index (κ3) is 5.27. The molecule has 1 aromatic heterocycles. The summed E-state index contributed by atoms with van der Waals surface area (Å²) in [4.78, 5) is 33.3. The number of benzene rings is 1. The Morgan fingerprint density at radius 1 is 1.21 bits per heavy atom. The number of anilines is 1. The number of ether oxygens (including phenoxy) is 1. The van der Waals surface area contributed by atoms with Gasteiger partial charge in [-0.15, -0.1) is 0 Å². The lowest BCUT2D eigenvalue weighted by molar-refractivity contribution is 0.0170. The van der Waals surface area contributed by atoms with Crippen LogP contribution in [0.3, 0.4) is 0 Å². The second-order valence-corrected chi connectivity index (χ2v) is 10.9. The number of carbonyl (C=O) groups excluding carboxylic acids is 2. The standard InChI is InChI=1S/C24H28BrClN4O3/c1-23(2,3)33-22(32)29-10-7-24(8-11-29)15-30(19-5-4-17(25)13-18(19)24)21(31)28-14-16-6-9-27-20(26)12-16/h4-6,9,12-13H,7-8,10-11,14-15H2,1-3H3,(H,28,31). The highest BCUT2D eigenvalue weighted by molar-refractivity contribution is 9.10. The van der Waals surface area contributed by atoms with Crippen molar-refractivity contribution in [2.75, 3.05) is 24.5 Å². The van der Waals surface area contributed by atoms with Gasteiger partial charge in [0.25, 0.3) is 0 Å². The van der Waals surface area contributed by atoms with E-state index in [2.05, 4.69) is 32.3 Å². The Balaban J connectivity index is 1.49. The second kappa shape index (κ2) is 9.14. The summed E-state index contributed by atoms with van der Waals surface area (Å²) in [5, 5.41) is 3.40. The number of amides is 3. The van der Waals surface area contributed by atoms with Crippen molar-refractivity contribution < 1.29 is 14.3 Å². The first-order valence-corrected chi connectivity index (χ1v) is 12.2. The van der Waals surface area contributed by atoms with Crippen molar-refractivity contribution in [3.05, 3.63) is 57.3 Å². The topological polar surface area (TPSA) is 74.8 Å². The minimum absolute atomic E-state index is 0.155. The molecule has 3 amide bonds. The highest BCUT2D eigenvalue weighted by Gasteiger charge is 2.47. The molecule has 1 fully saturated rings. The molecule has 2 aliphatic rings. The Morgan fingerprint density at radius 3 is 2.61 bits per heavy atom. The van der Waals surface area contributed by atoms with E-state index in [1.54, 1.807) is 17.2 Å². The summed E-state index contributed by atoms with van der Waals surface area (Å²) in [5.41, 5.74) is 2.22. The number of nitrogens with zero attached hydrogens (tertiary/aromatic N) is 3. The van der Waals surface area contributed by atoms with E-state index in [4.69, 9.17) is 16.3 Å². The van der Waals surface area contributed by atoms with Crippen LogP contribution >= 0.6 is 27.5 Å². The zero-order valence-corrected chi connectivity index (χ0v) is 21.4. The van der Waals surface area contributed by atoms with E-state index in [0.29, 0.717) is 31.3 Å². The van der Waals surface area contributed by atoms with Gasteiger partial charge in [-0.25, -0.2) is 14.6 Å². The summed E-state index contributed by atoms with van der Waals surface area (Å²) >= 11 is 9.55. The molecule has 1 saturated heterocycles. The third-order valence-corrected chi connectivity index (χ3v) is 6.83. The average Bonchev–Trinajstić information content (AvgIpc) is 3.05. The van der Waals surface area contributed by atoms with Crippen LogP contribution in [0, 0.1) is 0 Å². The van der Waals surface area contributed by atoms with E-state index in [-0.39, 0.29) is 17.5 Å². The molecule has 3 heterocycles. The Morgan fingerprint density at radius 2 is 1.94 bits per heavy atom. The van der Waals surface area contributed by atoms with Crippen LogP contribution in [0.1, 0.15) is 44.7 Å². The van der Waals surface area contributed by atoms with Crippen molar-refractivity contribution in [2.24, 2.45) is 0 Å². The molecule has 4 rings (SSSR count). The number of rotatable bonds is 2. The summed E-state index contributed by atoms with van der Waals surface area (Å²) in [6.45, 7) is 7.73. The fourth-order valence-electron chi connectivity index (χ4n) is 4.52. The largest absolute Gasteiger partial charge is 0.444 e. The molecule has 0 atom stereocenters. The van der Waals surface area contributed by atoms with E-state index in [9.17, 15) is 9.59 Å². The predicted molar refractivity (Wildman–Crippen MR) is 132 cm³/mol. The summed E-state index contributed by atoms with van der Waals surface area (Å²) in [6.07, 6.45) is 2.87. The first-order chi connectivity index (χ1) is 15.6. The summed E-state index contributed by atoms with van der Waals surface area (Å²) in [7, 11) is 0. The third-order valence-electron chi connectivity index (χ3n) is 6.13. The zero-order valence-electron chi connectivity index (χ0n) is 19.0. The van der Waals surface area contributed by atoms with Crippen LogP contribution in [0.25, 0.3) is 0 Å². The summed E-state index contributed by atoms with van der Waals surface area (Å²) in [5.74, 6) is 0. The van der Waals surface area contributed by atoms with E-state index >= 15 is 0 Å². The van der Waals surface area contributed by atoms with Crippen molar-refractivity contribution in [1.82, 2.24) is 15.2 Å². The van der Waals surface area contributed by atoms with Crippen LogP contribution in [0.2, 0.25) is 5.15 Å². The molecule has 0 bridgehead atoms. The number of piperidine rings is 1. The van der Waals surface area contributed by atoms with E-state index < -0.39 is 5.60 Å². The number of pyridine rings is 1. The second-order valence-electron chi connectivity index (χ2n) is 9.64. The SMILES string of the molecule is CC(C)(C)OC(=O)N1CCC2(CC1)CN(C(=O)NCc1ccnc(Cl)c1)c1ccc(Br)cc12. The number of halogens is 2. The number of urea groups is 1. The van der Waals surface area contributed by atoms with E-state index in [1.807, 2.05) is 43.9 Å². The Hall–Kier alpha value is -2.32. The van der Waals surface area contributed by atoms with Gasteiger partial charge in [-0.3, -0.25) is 4.90 Å². The maximum absolute atomic E-state index is 13.2. The molecule has 9 heteroatoms. The quantitative estimate of drug-likeness (QED) is 0.516. The number of likely N-dealkylation sites (tertiary alicyclic amines) is 1. The highest BCUT2D eigenvalue weighted by atomic mass is 79.9. The molecular formula is C24H28BrClN4O3. The number of carbonyl (C=O) groups is 2. The van der Waals surface area contributed by atoms with Gasteiger partial charge in [0.05, 0.1) is 0 Å². The normalized spacial score (nSPS) is 17.1. The molecule has 33 heavy (non-hydrogen) atoms. The van der Waals surface area contributed by atoms with E-state index in [1.165, 1.54) is 0 Å². The van der Waals surface area contributed by atoms with Gasteiger partial charge in [-0.05, 0) is 75.1 Å². The fourth-order valence-corrected chi connectivity index (χ4v) is 5.08. The Kier molecular flexibility index (Phi) is 6.60. The number of nitrogens with one attached hydrogen (secondary N) is 1. The van der Waals surface area contributed by atoms with Gasteiger partial charge in [0.15, 0.2) is 0 Å². The monoisotopic (exact) mass is 534 g/mol. The van der Waals surface area contributed by atoms with Gasteiger partial charge in [0.2, 0.25) is 0 Å². The fraction of sp³-hybridized carbons (Fsp3) is 0.458. The molecule has 2 aromatic rings. The summed E-state index contributed by atoms with van der Waals surface area (Å²) < 4.78 is 6.53. The molecule has 0 saturated carbocycles. The first-order valence-electron chi connectivity index (χ1n) is 11.0. The van der Waals surface area contributed by atoms with Crippen molar-refractivity contribution in [2.45, 2.75) is 51.2 Å². The van der Waals surface area contributed by atoms with Gasteiger partial charge < -0.3 is 15.0 Å². The highest BCUT2D eigenvalue weighted by Crippen LogP contribution is 2.48. The first kappa shape index (κ1) is 23.8. The summed E-state index contributed by atoms with van der Waals surface area (Å²) in [6, 6.07) is 9.46. The molecule has 7 nitrogen and oxygen atoms in total.